The summed E-state index contributed by atoms with van der Waals surface area (Å²) in [6, 6.07) is 6.12. The Morgan fingerprint density at radius 1 is 0.692 bits per heavy atom. The summed E-state index contributed by atoms with van der Waals surface area (Å²) in [7, 11) is 15.5. The second-order valence-electron chi connectivity index (χ2n) is 11.6. The van der Waals surface area contributed by atoms with Crippen molar-refractivity contribution in [3.05, 3.63) is 90.6 Å². The van der Waals surface area contributed by atoms with E-state index in [0.29, 0.717) is 5.56 Å². The molecule has 0 radical (unpaired) electrons. The predicted molar refractivity (Wildman–Crippen MR) is 190 cm³/mol. The van der Waals surface area contributed by atoms with Crippen molar-refractivity contribution in [1.29, 1.82) is 0 Å². The molecule has 52 heavy (non-hydrogen) atoms. The SMILES string of the molecule is C1CCOC1.[CH2-]N1CCCc2ncc(Br)cc21.[CH2-]N1CCCc2ncc(C(=O)NC)cc21.[CH2-]N1CCCc2ncc(CNC)cc21.[W].[W].[W].[W].[W].[W]. The van der Waals surface area contributed by atoms with E-state index in [4.69, 9.17) is 4.74 Å². The number of carbonyl (C=O) groups is 1. The van der Waals surface area contributed by atoms with Crippen molar-refractivity contribution in [2.24, 2.45) is 0 Å². The van der Waals surface area contributed by atoms with Crippen molar-refractivity contribution in [3.8, 4) is 0 Å². The number of hydrogen-bond acceptors (Lipinski definition) is 9. The van der Waals surface area contributed by atoms with Gasteiger partial charge in [0.2, 0.25) is 0 Å². The minimum Gasteiger partial charge on any atom is -0.524 e. The zero-order valence-corrected chi connectivity index (χ0v) is 49.0. The van der Waals surface area contributed by atoms with Crippen molar-refractivity contribution in [2.45, 2.75) is 57.9 Å². The molecule has 17 heteroatoms. The molecule has 0 atom stereocenters. The second kappa shape index (κ2) is 30.9. The Bertz CT molecular complexity index is 1440. The first-order valence-electron chi connectivity index (χ1n) is 16.1. The molecule has 0 saturated carbocycles. The Balaban J connectivity index is -0.000000617. The van der Waals surface area contributed by atoms with Crippen LogP contribution < -0.4 is 25.3 Å². The minimum absolute atomic E-state index is 0. The van der Waals surface area contributed by atoms with Crippen molar-refractivity contribution < 1.29 is 136 Å². The topological polar surface area (TPSA) is 98.8 Å². The number of rotatable bonds is 3. The smallest absolute Gasteiger partial charge is 0.252 e. The molecule has 286 valence electrons. The summed E-state index contributed by atoms with van der Waals surface area (Å²) in [6.07, 6.45) is 14.5. The van der Waals surface area contributed by atoms with Crippen LogP contribution in [0.2, 0.25) is 0 Å². The molecule has 0 spiro atoms. The van der Waals surface area contributed by atoms with E-state index in [-0.39, 0.29) is 132 Å². The van der Waals surface area contributed by atoms with Gasteiger partial charge in [0, 0.05) is 193 Å². The summed E-state index contributed by atoms with van der Waals surface area (Å²) >= 11 is 3.40. The third-order valence-corrected chi connectivity index (χ3v) is 8.54. The van der Waals surface area contributed by atoms with Crippen LogP contribution in [0.15, 0.2) is 41.3 Å². The molecule has 4 aliphatic heterocycles. The van der Waals surface area contributed by atoms with Crippen LogP contribution in [0, 0.1) is 21.1 Å². The predicted octanol–water partition coefficient (Wildman–Crippen LogP) is 5.50. The number of carbonyl (C=O) groups excluding carboxylic acids is 1. The van der Waals surface area contributed by atoms with Gasteiger partial charge in [-0.25, -0.2) is 0 Å². The van der Waals surface area contributed by atoms with Crippen LogP contribution in [0.1, 0.15) is 65.1 Å². The van der Waals surface area contributed by atoms with E-state index in [9.17, 15) is 4.79 Å². The fourth-order valence-corrected chi connectivity index (χ4v) is 5.93. The average molecular weight is 1800 g/mol. The molecule has 0 unspecified atom stereocenters. The van der Waals surface area contributed by atoms with Crippen LogP contribution in [0.25, 0.3) is 0 Å². The molecule has 1 saturated heterocycles. The van der Waals surface area contributed by atoms with Crippen LogP contribution in [0.5, 0.6) is 0 Å². The number of amides is 1. The largest absolute Gasteiger partial charge is 0.524 e. The molecule has 1 amide bonds. The van der Waals surface area contributed by atoms with Crippen molar-refractivity contribution >= 4 is 38.9 Å². The van der Waals surface area contributed by atoms with Crippen LogP contribution in [0.3, 0.4) is 0 Å². The number of aryl methyl sites for hydroxylation is 3. The van der Waals surface area contributed by atoms with Gasteiger partial charge in [-0.05, 0) is 118 Å². The normalized spacial score (nSPS) is 14.4. The summed E-state index contributed by atoms with van der Waals surface area (Å²) < 4.78 is 5.97. The number of anilines is 3. The standard InChI is InChI=1S/C11H14N3O.C11H16N3.C9H10BrN2.C4H8O.6W/c1-12-11(15)8-6-10-9(13-7-8)4-3-5-14(10)2;1-12-7-9-6-11-10(13-8-9)4-3-5-14(11)2;1-12-4-2-3-8-9(12)5-7(10)6-11-8;1-2-4-5-3-1;;;;;;/h6-7H,2-5H2,1H3,(H,12,15);6,8,12H,2-5,7H2,1H3;5-6H,1-4H2;1-4H2;;;;;;/q3*-1;;;;;;;. The molecule has 4 aliphatic rings. The number of fused-ring (bicyclic) bond motifs is 3. The van der Waals surface area contributed by atoms with Crippen molar-refractivity contribution in [3.63, 3.8) is 0 Å². The van der Waals surface area contributed by atoms with Crippen LogP contribution in [0.4, 0.5) is 17.1 Å². The maximum absolute atomic E-state index is 11.4. The van der Waals surface area contributed by atoms with E-state index in [1.54, 1.807) is 13.2 Å². The van der Waals surface area contributed by atoms with Gasteiger partial charge in [-0.15, -0.1) is 0 Å². The fourth-order valence-electron chi connectivity index (χ4n) is 5.61. The molecule has 10 nitrogen and oxygen atoms in total. The number of hydrogen-bond donors (Lipinski definition) is 2. The first-order chi connectivity index (χ1) is 22.3. The number of halogens is 1. The zero-order chi connectivity index (χ0) is 32.9. The summed E-state index contributed by atoms with van der Waals surface area (Å²) in [4.78, 5) is 30.5. The average Bonchev–Trinajstić information content (AvgIpc) is 3.67. The summed E-state index contributed by atoms with van der Waals surface area (Å²) in [6.45, 7) is 5.86. The Morgan fingerprint density at radius 3 is 1.58 bits per heavy atom. The van der Waals surface area contributed by atoms with Gasteiger partial charge in [-0.1, -0.05) is 0 Å². The van der Waals surface area contributed by atoms with E-state index in [2.05, 4.69) is 74.8 Å². The molecule has 7 heterocycles. The molecule has 7 rings (SSSR count). The molecule has 0 aromatic carbocycles. The summed E-state index contributed by atoms with van der Waals surface area (Å²) in [5.74, 6) is -0.107. The van der Waals surface area contributed by atoms with Gasteiger partial charge in [-0.3, -0.25) is 40.9 Å². The van der Waals surface area contributed by atoms with Gasteiger partial charge >= 0.3 is 0 Å². The van der Waals surface area contributed by atoms with Crippen LogP contribution in [-0.2, 0) is 157 Å². The number of nitrogens with zero attached hydrogens (tertiary/aromatic N) is 6. The number of ether oxygens (including phenoxy) is 1. The maximum atomic E-state index is 11.4. The van der Waals surface area contributed by atoms with Crippen molar-refractivity contribution in [2.75, 3.05) is 61.6 Å². The molecule has 1 fully saturated rings. The van der Waals surface area contributed by atoms with Gasteiger partial charge in [-0.2, -0.15) is 0 Å². The Labute approximate surface area is 405 Å². The molecular weight excluding hydrogens is 1750 g/mol. The first kappa shape index (κ1) is 57.2. The zero-order valence-electron chi connectivity index (χ0n) is 29.8. The van der Waals surface area contributed by atoms with Gasteiger partial charge in [0.25, 0.3) is 5.91 Å². The number of aromatic nitrogens is 3. The summed E-state index contributed by atoms with van der Waals surface area (Å²) in [5.41, 5.74) is 8.53. The van der Waals surface area contributed by atoms with Crippen LogP contribution in [-0.4, -0.2) is 67.8 Å². The molecular formula is C35H48BrN8O2W6-3. The van der Waals surface area contributed by atoms with Gasteiger partial charge in [0.1, 0.15) is 0 Å². The Hall–Kier alpha value is 0.850. The van der Waals surface area contributed by atoms with Gasteiger partial charge in [0.05, 0.1) is 22.6 Å². The molecule has 0 bridgehead atoms. The first-order valence-corrected chi connectivity index (χ1v) is 16.9. The fraction of sp³-hybridized carbons (Fsp3) is 0.457. The van der Waals surface area contributed by atoms with E-state index in [1.807, 2.05) is 40.2 Å². The quantitative estimate of drug-likeness (QED) is 0.330. The minimum atomic E-state index is -0.107. The third kappa shape index (κ3) is 18.0. The maximum Gasteiger partial charge on any atom is 0.252 e. The Morgan fingerprint density at radius 2 is 1.13 bits per heavy atom. The van der Waals surface area contributed by atoms with Gasteiger partial charge < -0.3 is 30.1 Å². The number of pyridine rings is 3. The number of nitrogens with one attached hydrogen (secondary N) is 2. The molecule has 2 N–H and O–H groups in total. The van der Waals surface area contributed by atoms with E-state index < -0.39 is 0 Å². The van der Waals surface area contributed by atoms with E-state index in [0.717, 1.165) is 99.5 Å². The Kier molecular flexibility index (Phi) is 34.0. The van der Waals surface area contributed by atoms with E-state index in [1.165, 1.54) is 35.5 Å². The monoisotopic (exact) mass is 1800 g/mol. The molecule has 0 aliphatic carbocycles. The molecule has 3 aromatic rings. The molecule has 3 aromatic heterocycles. The van der Waals surface area contributed by atoms with Crippen molar-refractivity contribution in [1.82, 2.24) is 25.6 Å². The summed E-state index contributed by atoms with van der Waals surface area (Å²) in [5, 5.41) is 5.71. The van der Waals surface area contributed by atoms with Crippen LogP contribution >= 0.6 is 15.9 Å². The van der Waals surface area contributed by atoms with E-state index >= 15 is 0 Å². The second-order valence-corrected chi connectivity index (χ2v) is 12.6. The third-order valence-electron chi connectivity index (χ3n) is 8.11. The van der Waals surface area contributed by atoms with Gasteiger partial charge in [0.15, 0.2) is 0 Å².